The predicted octanol–water partition coefficient (Wildman–Crippen LogP) is 2.91. The van der Waals surface area contributed by atoms with Gasteiger partial charge in [-0.25, -0.2) is 9.59 Å². The van der Waals surface area contributed by atoms with Crippen LogP contribution >= 0.6 is 11.8 Å². The van der Waals surface area contributed by atoms with Crippen molar-refractivity contribution in [2.45, 2.75) is 18.6 Å². The number of ether oxygens (including phenoxy) is 3. The van der Waals surface area contributed by atoms with Gasteiger partial charge in [-0.1, -0.05) is 42.1 Å². The van der Waals surface area contributed by atoms with Crippen molar-refractivity contribution in [1.29, 1.82) is 0 Å². The molecule has 10 heteroatoms. The Morgan fingerprint density at radius 1 is 0.938 bits per heavy atom. The molecule has 3 rings (SSSR count). The largest absolute Gasteiger partial charge is 0.465 e. The van der Waals surface area contributed by atoms with Gasteiger partial charge in [-0.2, -0.15) is 0 Å². The highest BCUT2D eigenvalue weighted by atomic mass is 32.2. The molecule has 2 aromatic carbocycles. The summed E-state index contributed by atoms with van der Waals surface area (Å²) in [6.07, 6.45) is 0. The normalized spacial score (nSPS) is 10.5. The third-order valence-electron chi connectivity index (χ3n) is 4.38. The van der Waals surface area contributed by atoms with Crippen LogP contribution < -0.4 is 4.74 Å². The van der Waals surface area contributed by atoms with Crippen LogP contribution in [0.1, 0.15) is 32.1 Å². The Kier molecular flexibility index (Phi) is 7.61. The highest BCUT2D eigenvalue weighted by Crippen LogP contribution is 2.22. The van der Waals surface area contributed by atoms with E-state index in [9.17, 15) is 14.4 Å². The van der Waals surface area contributed by atoms with Gasteiger partial charge in [0.25, 0.3) is 0 Å². The number of aryl methyl sites for hydroxylation is 1. The molecule has 0 aliphatic carbocycles. The van der Waals surface area contributed by atoms with E-state index in [0.29, 0.717) is 11.7 Å². The Balaban J connectivity index is 1.70. The molecular formula is C22H21N3O6S. The maximum Gasteiger partial charge on any atom is 0.338 e. The van der Waals surface area contributed by atoms with E-state index >= 15 is 0 Å². The molecule has 0 spiro atoms. The summed E-state index contributed by atoms with van der Waals surface area (Å²) in [6.45, 7) is 2.41. The van der Waals surface area contributed by atoms with Crippen LogP contribution in [0, 0.1) is 6.92 Å². The molecule has 0 N–H and O–H groups in total. The van der Waals surface area contributed by atoms with E-state index in [1.807, 2.05) is 41.8 Å². The summed E-state index contributed by atoms with van der Waals surface area (Å²) >= 11 is 1.18. The third kappa shape index (κ3) is 5.73. The van der Waals surface area contributed by atoms with Gasteiger partial charge in [0.05, 0.1) is 37.6 Å². The number of hydrogen-bond donors (Lipinski definition) is 0. The molecule has 32 heavy (non-hydrogen) atoms. The van der Waals surface area contributed by atoms with Crippen LogP contribution in [0.25, 0.3) is 0 Å². The molecule has 0 fully saturated rings. The average Bonchev–Trinajstić information content (AvgIpc) is 3.16. The minimum atomic E-state index is -0.674. The van der Waals surface area contributed by atoms with Gasteiger partial charge in [-0.15, -0.1) is 10.2 Å². The number of carbonyl (C=O) groups excluding carboxylic acids is 3. The zero-order chi connectivity index (χ0) is 23.1. The number of benzene rings is 2. The maximum absolute atomic E-state index is 12.4. The molecule has 0 aliphatic rings. The fourth-order valence-electron chi connectivity index (χ4n) is 2.83. The molecule has 0 bridgehead atoms. The fraction of sp³-hybridized carbons (Fsp3) is 0.227. The molecule has 3 aromatic rings. The van der Waals surface area contributed by atoms with Crippen LogP contribution in [0.3, 0.4) is 0 Å². The molecule has 9 nitrogen and oxygen atoms in total. The number of esters is 3. The van der Waals surface area contributed by atoms with Gasteiger partial charge in [-0.05, 0) is 30.7 Å². The van der Waals surface area contributed by atoms with E-state index in [2.05, 4.69) is 19.7 Å². The molecule has 1 aromatic heterocycles. The Bertz CT molecular complexity index is 1100. The molecule has 166 valence electrons. The van der Waals surface area contributed by atoms with Crippen LogP contribution in [-0.2, 0) is 20.8 Å². The molecule has 1 heterocycles. The summed E-state index contributed by atoms with van der Waals surface area (Å²) in [5.74, 6) is -1.24. The zero-order valence-corrected chi connectivity index (χ0v) is 18.5. The van der Waals surface area contributed by atoms with Gasteiger partial charge < -0.3 is 18.8 Å². The number of methoxy groups -OCH3 is 2. The summed E-state index contributed by atoms with van der Waals surface area (Å²) in [6, 6.07) is 13.8. The monoisotopic (exact) mass is 455 g/mol. The van der Waals surface area contributed by atoms with E-state index in [4.69, 9.17) is 4.74 Å². The van der Waals surface area contributed by atoms with Crippen molar-refractivity contribution in [3.05, 3.63) is 71.0 Å². The van der Waals surface area contributed by atoms with E-state index in [1.165, 1.54) is 44.2 Å². The minimum Gasteiger partial charge on any atom is -0.465 e. The first kappa shape index (κ1) is 23.0. The molecule has 0 unspecified atom stereocenters. The molecule has 0 saturated heterocycles. The number of hydrogen-bond acceptors (Lipinski definition) is 9. The predicted molar refractivity (Wildman–Crippen MR) is 116 cm³/mol. The topological polar surface area (TPSA) is 110 Å². The van der Waals surface area contributed by atoms with Gasteiger partial charge in [-0.3, -0.25) is 4.79 Å². The Morgan fingerprint density at radius 3 is 2.16 bits per heavy atom. The first-order valence-electron chi connectivity index (χ1n) is 9.50. The lowest BCUT2D eigenvalue weighted by atomic mass is 10.1. The first-order valence-corrected chi connectivity index (χ1v) is 10.5. The fourth-order valence-corrected chi connectivity index (χ4v) is 3.59. The van der Waals surface area contributed by atoms with Crippen molar-refractivity contribution in [3.8, 4) is 5.75 Å². The lowest BCUT2D eigenvalue weighted by molar-refractivity contribution is -0.131. The van der Waals surface area contributed by atoms with Crippen LogP contribution in [0.5, 0.6) is 5.75 Å². The van der Waals surface area contributed by atoms with Crippen molar-refractivity contribution < 1.29 is 28.6 Å². The first-order chi connectivity index (χ1) is 15.4. The molecule has 0 atom stereocenters. The average molecular weight is 455 g/mol. The second kappa shape index (κ2) is 10.6. The van der Waals surface area contributed by atoms with Gasteiger partial charge in [0, 0.05) is 0 Å². The van der Waals surface area contributed by atoms with Gasteiger partial charge in [0.1, 0.15) is 11.6 Å². The lowest BCUT2D eigenvalue weighted by Crippen LogP contribution is -2.14. The highest BCUT2D eigenvalue weighted by Gasteiger charge is 2.17. The van der Waals surface area contributed by atoms with Gasteiger partial charge >= 0.3 is 17.9 Å². The third-order valence-corrected chi connectivity index (χ3v) is 5.33. The minimum absolute atomic E-state index is 0.0285. The van der Waals surface area contributed by atoms with Crippen molar-refractivity contribution >= 4 is 29.7 Å². The zero-order valence-electron chi connectivity index (χ0n) is 17.7. The second-order valence-corrected chi connectivity index (χ2v) is 7.54. The molecule has 0 saturated carbocycles. The lowest BCUT2D eigenvalue weighted by Gasteiger charge is -2.10. The number of carbonyl (C=O) groups is 3. The SMILES string of the molecule is COC(=O)c1cc(OC(=O)CSc2nnc(C)n2Cc2ccccc2)cc(C(=O)OC)c1. The maximum atomic E-state index is 12.4. The number of nitrogens with zero attached hydrogens (tertiary/aromatic N) is 3. The summed E-state index contributed by atoms with van der Waals surface area (Å²) < 4.78 is 16.6. The van der Waals surface area contributed by atoms with Gasteiger partial charge in [0.15, 0.2) is 5.16 Å². The quantitative estimate of drug-likeness (QED) is 0.288. The summed E-state index contributed by atoms with van der Waals surface area (Å²) in [7, 11) is 2.42. The van der Waals surface area contributed by atoms with Crippen LogP contribution in [-0.4, -0.2) is 52.6 Å². The summed E-state index contributed by atoms with van der Waals surface area (Å²) in [5.41, 5.74) is 1.20. The molecule has 0 radical (unpaired) electrons. The highest BCUT2D eigenvalue weighted by molar-refractivity contribution is 7.99. The van der Waals surface area contributed by atoms with Crippen molar-refractivity contribution in [2.24, 2.45) is 0 Å². The van der Waals surface area contributed by atoms with E-state index < -0.39 is 17.9 Å². The van der Waals surface area contributed by atoms with Crippen molar-refractivity contribution in [2.75, 3.05) is 20.0 Å². The molecule has 0 amide bonds. The Morgan fingerprint density at radius 2 is 1.56 bits per heavy atom. The van der Waals surface area contributed by atoms with E-state index in [1.54, 1.807) is 0 Å². The molecular weight excluding hydrogens is 434 g/mol. The standard InChI is InChI=1S/C22H21N3O6S/c1-14-23-24-22(25(14)12-15-7-5-4-6-8-15)32-13-19(26)31-18-10-16(20(27)29-2)9-17(11-18)21(28)30-3/h4-11H,12-13H2,1-3H3. The Labute approximate surface area is 188 Å². The van der Waals surface area contributed by atoms with Gasteiger partial charge in [0.2, 0.25) is 0 Å². The number of thioether (sulfide) groups is 1. The van der Waals surface area contributed by atoms with E-state index in [-0.39, 0.29) is 22.6 Å². The van der Waals surface area contributed by atoms with Crippen molar-refractivity contribution in [3.63, 3.8) is 0 Å². The summed E-state index contributed by atoms with van der Waals surface area (Å²) in [5, 5.41) is 8.80. The van der Waals surface area contributed by atoms with Crippen LogP contribution in [0.2, 0.25) is 0 Å². The second-order valence-electron chi connectivity index (χ2n) is 6.59. The smallest absolute Gasteiger partial charge is 0.338 e. The van der Waals surface area contributed by atoms with Crippen LogP contribution in [0.15, 0.2) is 53.7 Å². The van der Waals surface area contributed by atoms with Crippen molar-refractivity contribution in [1.82, 2.24) is 14.8 Å². The summed E-state index contributed by atoms with van der Waals surface area (Å²) in [4.78, 5) is 36.2. The van der Waals surface area contributed by atoms with E-state index in [0.717, 1.165) is 11.4 Å². The number of rotatable bonds is 8. The Hall–Kier alpha value is -3.66. The number of aromatic nitrogens is 3. The van der Waals surface area contributed by atoms with Crippen LogP contribution in [0.4, 0.5) is 0 Å². The molecule has 0 aliphatic heterocycles.